The van der Waals surface area contributed by atoms with Crippen LogP contribution >= 0.6 is 11.8 Å². The fraction of sp³-hybridized carbons (Fsp3) is 0.615. The Balaban J connectivity index is 2.27. The van der Waals surface area contributed by atoms with Crippen molar-refractivity contribution in [1.82, 2.24) is 5.32 Å². The molecule has 0 aliphatic carbocycles. The van der Waals surface area contributed by atoms with Crippen molar-refractivity contribution in [2.24, 2.45) is 5.41 Å². The monoisotopic (exact) mass is 239 g/mol. The second-order valence-electron chi connectivity index (χ2n) is 4.99. The van der Waals surface area contributed by atoms with Crippen LogP contribution in [0.25, 0.3) is 0 Å². The number of amides is 1. The molecule has 0 fully saturated rings. The van der Waals surface area contributed by atoms with E-state index >= 15 is 0 Å². The fourth-order valence-corrected chi connectivity index (χ4v) is 2.16. The normalized spacial score (nSPS) is 16.6. The molecule has 3 heteroatoms. The lowest BCUT2D eigenvalue weighted by atomic mass is 9.96. The van der Waals surface area contributed by atoms with Gasteiger partial charge < -0.3 is 5.32 Å². The Labute approximate surface area is 103 Å². The van der Waals surface area contributed by atoms with Gasteiger partial charge in [-0.3, -0.25) is 4.79 Å². The number of hydrogen-bond acceptors (Lipinski definition) is 2. The van der Waals surface area contributed by atoms with Gasteiger partial charge in [0.2, 0.25) is 5.91 Å². The SMILES string of the molecule is CC(C)(C)C(=O)NCCC1=CCCC=CS1. The van der Waals surface area contributed by atoms with Gasteiger partial charge in [-0.15, -0.1) is 11.8 Å². The van der Waals surface area contributed by atoms with Gasteiger partial charge in [-0.25, -0.2) is 0 Å². The van der Waals surface area contributed by atoms with E-state index in [4.69, 9.17) is 0 Å². The number of carbonyl (C=O) groups is 1. The molecule has 0 aromatic rings. The van der Waals surface area contributed by atoms with Crippen molar-refractivity contribution >= 4 is 17.7 Å². The first kappa shape index (κ1) is 13.4. The van der Waals surface area contributed by atoms with Crippen LogP contribution in [0.15, 0.2) is 22.5 Å². The molecule has 1 rings (SSSR count). The third-order valence-electron chi connectivity index (χ3n) is 2.36. The van der Waals surface area contributed by atoms with Crippen LogP contribution in [0.5, 0.6) is 0 Å². The molecule has 0 saturated carbocycles. The summed E-state index contributed by atoms with van der Waals surface area (Å²) in [5.74, 6) is 0.127. The lowest BCUT2D eigenvalue weighted by Crippen LogP contribution is -2.35. The Morgan fingerprint density at radius 1 is 1.44 bits per heavy atom. The van der Waals surface area contributed by atoms with Crippen molar-refractivity contribution in [1.29, 1.82) is 0 Å². The molecular weight excluding hydrogens is 218 g/mol. The molecule has 0 unspecified atom stereocenters. The minimum atomic E-state index is -0.287. The van der Waals surface area contributed by atoms with Crippen LogP contribution in [0.1, 0.15) is 40.0 Å². The minimum Gasteiger partial charge on any atom is -0.355 e. The van der Waals surface area contributed by atoms with E-state index in [0.717, 1.165) is 25.8 Å². The molecule has 0 aromatic heterocycles. The largest absolute Gasteiger partial charge is 0.355 e. The molecule has 0 atom stereocenters. The molecule has 1 amide bonds. The average Bonchev–Trinajstić information content (AvgIpc) is 2.44. The average molecular weight is 239 g/mol. The van der Waals surface area contributed by atoms with Crippen molar-refractivity contribution < 1.29 is 4.79 Å². The molecule has 1 aliphatic heterocycles. The van der Waals surface area contributed by atoms with E-state index in [2.05, 4.69) is 22.9 Å². The summed E-state index contributed by atoms with van der Waals surface area (Å²) < 4.78 is 0. The molecule has 16 heavy (non-hydrogen) atoms. The Morgan fingerprint density at radius 2 is 2.19 bits per heavy atom. The van der Waals surface area contributed by atoms with Crippen molar-refractivity contribution in [3.05, 3.63) is 22.5 Å². The van der Waals surface area contributed by atoms with Gasteiger partial charge in [0.1, 0.15) is 0 Å². The number of hydrogen-bond donors (Lipinski definition) is 1. The van der Waals surface area contributed by atoms with Crippen LogP contribution < -0.4 is 5.32 Å². The Morgan fingerprint density at radius 3 is 2.88 bits per heavy atom. The van der Waals surface area contributed by atoms with Gasteiger partial charge in [0.05, 0.1) is 0 Å². The first-order valence-electron chi connectivity index (χ1n) is 5.79. The van der Waals surface area contributed by atoms with Crippen LogP contribution in [0.3, 0.4) is 0 Å². The predicted octanol–water partition coefficient (Wildman–Crippen LogP) is 3.46. The second kappa shape index (κ2) is 6.14. The van der Waals surface area contributed by atoms with Gasteiger partial charge >= 0.3 is 0 Å². The Hall–Kier alpha value is -0.700. The van der Waals surface area contributed by atoms with E-state index < -0.39 is 0 Å². The highest BCUT2D eigenvalue weighted by Gasteiger charge is 2.20. The zero-order valence-electron chi connectivity index (χ0n) is 10.4. The molecule has 0 radical (unpaired) electrons. The van der Waals surface area contributed by atoms with Crippen LogP contribution in [0.4, 0.5) is 0 Å². The zero-order valence-corrected chi connectivity index (χ0v) is 11.2. The number of allylic oxidation sites excluding steroid dienone is 2. The number of nitrogens with one attached hydrogen (secondary N) is 1. The van der Waals surface area contributed by atoms with Crippen molar-refractivity contribution in [3.63, 3.8) is 0 Å². The maximum absolute atomic E-state index is 11.6. The summed E-state index contributed by atoms with van der Waals surface area (Å²) in [7, 11) is 0. The molecule has 0 saturated heterocycles. The fourth-order valence-electron chi connectivity index (χ4n) is 1.32. The highest BCUT2D eigenvalue weighted by molar-refractivity contribution is 8.05. The van der Waals surface area contributed by atoms with Crippen molar-refractivity contribution in [2.45, 2.75) is 40.0 Å². The smallest absolute Gasteiger partial charge is 0.225 e. The molecule has 0 bridgehead atoms. The first-order valence-corrected chi connectivity index (χ1v) is 6.67. The highest BCUT2D eigenvalue weighted by Crippen LogP contribution is 2.24. The van der Waals surface area contributed by atoms with Crippen LogP contribution in [0.2, 0.25) is 0 Å². The highest BCUT2D eigenvalue weighted by atomic mass is 32.2. The van der Waals surface area contributed by atoms with E-state index in [1.165, 1.54) is 4.91 Å². The summed E-state index contributed by atoms with van der Waals surface area (Å²) in [5, 5.41) is 5.12. The van der Waals surface area contributed by atoms with E-state index in [1.807, 2.05) is 20.8 Å². The van der Waals surface area contributed by atoms with Gasteiger partial charge in [0, 0.05) is 12.0 Å². The van der Waals surface area contributed by atoms with Crippen LogP contribution in [-0.4, -0.2) is 12.5 Å². The maximum atomic E-state index is 11.6. The topological polar surface area (TPSA) is 29.1 Å². The van der Waals surface area contributed by atoms with Gasteiger partial charge in [-0.1, -0.05) is 32.9 Å². The second-order valence-corrected chi connectivity index (χ2v) is 6.03. The van der Waals surface area contributed by atoms with E-state index in [-0.39, 0.29) is 11.3 Å². The van der Waals surface area contributed by atoms with E-state index in [1.54, 1.807) is 11.8 Å². The van der Waals surface area contributed by atoms with E-state index in [0.29, 0.717) is 0 Å². The summed E-state index contributed by atoms with van der Waals surface area (Å²) in [6, 6.07) is 0. The molecule has 1 aliphatic rings. The van der Waals surface area contributed by atoms with E-state index in [9.17, 15) is 4.79 Å². The quantitative estimate of drug-likeness (QED) is 0.817. The number of thioether (sulfide) groups is 1. The molecule has 0 spiro atoms. The van der Waals surface area contributed by atoms with Crippen LogP contribution in [-0.2, 0) is 4.79 Å². The maximum Gasteiger partial charge on any atom is 0.225 e. The molecule has 1 N–H and O–H groups in total. The summed E-state index contributed by atoms with van der Waals surface area (Å²) in [6.45, 7) is 6.54. The summed E-state index contributed by atoms with van der Waals surface area (Å²) in [6.07, 6.45) is 7.66. The third kappa shape index (κ3) is 4.88. The molecule has 90 valence electrons. The number of carbonyl (C=O) groups excluding carboxylic acids is 1. The third-order valence-corrected chi connectivity index (χ3v) is 3.36. The molecule has 1 heterocycles. The first-order chi connectivity index (χ1) is 7.50. The van der Waals surface area contributed by atoms with Gasteiger partial charge in [-0.05, 0) is 29.6 Å². The van der Waals surface area contributed by atoms with Gasteiger partial charge in [0.25, 0.3) is 0 Å². The predicted molar refractivity (Wildman–Crippen MR) is 71.1 cm³/mol. The molecular formula is C13H21NOS. The summed E-state index contributed by atoms with van der Waals surface area (Å²) >= 11 is 1.77. The minimum absolute atomic E-state index is 0.127. The van der Waals surface area contributed by atoms with Crippen LogP contribution in [0, 0.1) is 5.41 Å². The lowest BCUT2D eigenvalue weighted by molar-refractivity contribution is -0.128. The molecule has 0 aromatic carbocycles. The summed E-state index contributed by atoms with van der Waals surface area (Å²) in [4.78, 5) is 13.0. The van der Waals surface area contributed by atoms with Crippen molar-refractivity contribution in [3.8, 4) is 0 Å². The Kier molecular flexibility index (Phi) is 5.13. The number of rotatable bonds is 3. The summed E-state index contributed by atoms with van der Waals surface area (Å²) in [5.41, 5.74) is -0.287. The van der Waals surface area contributed by atoms with Gasteiger partial charge in [0.15, 0.2) is 0 Å². The zero-order chi connectivity index (χ0) is 12.0. The molecule has 2 nitrogen and oxygen atoms in total. The van der Waals surface area contributed by atoms with Crippen molar-refractivity contribution in [2.75, 3.05) is 6.54 Å². The lowest BCUT2D eigenvalue weighted by Gasteiger charge is -2.17. The van der Waals surface area contributed by atoms with Gasteiger partial charge in [-0.2, -0.15) is 0 Å². The standard InChI is InChI=1S/C13H21NOS/c1-13(2,3)12(15)14-9-8-11-7-5-4-6-10-16-11/h6-7,10H,4-5,8-9H2,1-3H3,(H,14,15). The Bertz CT molecular complexity index is 300.